The Morgan fingerprint density at radius 1 is 0.463 bits per heavy atom. The van der Waals surface area contributed by atoms with Crippen LogP contribution < -0.4 is 13.5 Å². The van der Waals surface area contributed by atoms with Crippen molar-refractivity contribution >= 4 is 61.7 Å². The fraction of sp³-hybridized carbons (Fsp3) is 0.184. The Hall–Kier alpha value is -8.52. The molecular weight excluding hydrogens is 1060 g/mol. The van der Waals surface area contributed by atoms with Gasteiger partial charge in [-0.3, -0.25) is 0 Å². The van der Waals surface area contributed by atoms with E-state index in [0.717, 1.165) is 70.1 Å². The summed E-state index contributed by atoms with van der Waals surface area (Å²) in [4.78, 5) is 0. The second kappa shape index (κ2) is 18.2. The molecule has 0 fully saturated rings. The average molecular weight is 1120 g/mol. The molecule has 0 amide bonds. The molecule has 1 spiro atoms. The molecule has 0 N–H and O–H groups in total. The Bertz CT molecular complexity index is 4750. The molecule has 1 atom stereocenters. The maximum atomic E-state index is 7.58. The van der Waals surface area contributed by atoms with Crippen LogP contribution in [0.25, 0.3) is 100 Å². The second-order valence-corrected chi connectivity index (χ2v) is 35.8. The molecule has 13 aromatic rings. The van der Waals surface area contributed by atoms with Crippen molar-refractivity contribution in [3.63, 3.8) is 0 Å². The molecule has 5 nitrogen and oxygen atoms in total. The zero-order valence-corrected chi connectivity index (χ0v) is 50.0. The summed E-state index contributed by atoms with van der Waals surface area (Å²) in [5.41, 5.74) is 25.9. The third kappa shape index (κ3) is 7.11. The fourth-order valence-electron chi connectivity index (χ4n) is 14.6. The molecule has 0 radical (unpaired) electrons. The number of furan rings is 1. The van der Waals surface area contributed by atoms with Gasteiger partial charge in [-0.05, 0) is 114 Å². The molecule has 5 heterocycles. The van der Waals surface area contributed by atoms with Crippen molar-refractivity contribution in [3.8, 4) is 56.4 Å². The summed E-state index contributed by atoms with van der Waals surface area (Å²) in [5, 5.41) is 2.23. The molecule has 398 valence electrons. The average Bonchev–Trinajstić information content (AvgIpc) is 1.51. The number of hydrogen-bond acceptors (Lipinski definition) is 1. The van der Waals surface area contributed by atoms with E-state index in [9.17, 15) is 0 Å². The van der Waals surface area contributed by atoms with Crippen molar-refractivity contribution in [1.29, 1.82) is 0 Å². The minimum absolute atomic E-state index is 0.204. The topological polar surface area (TPSA) is 30.8 Å². The van der Waals surface area contributed by atoms with Crippen molar-refractivity contribution in [2.24, 2.45) is 0 Å². The van der Waals surface area contributed by atoms with Gasteiger partial charge >= 0.3 is 205 Å². The molecule has 2 aliphatic heterocycles. The number of hydrogen-bond donors (Lipinski definition) is 0. The first kappa shape index (κ1) is 49.3. The van der Waals surface area contributed by atoms with Crippen LogP contribution in [0.15, 0.2) is 217 Å². The van der Waals surface area contributed by atoms with Gasteiger partial charge in [0, 0.05) is 10.8 Å². The van der Waals surface area contributed by atoms with Gasteiger partial charge in [-0.25, -0.2) is 0 Å². The normalized spacial score (nSPS) is 15.3. The zero-order valence-electron chi connectivity index (χ0n) is 47.9. The molecule has 4 aliphatic carbocycles. The number of aromatic nitrogens is 4. The van der Waals surface area contributed by atoms with Crippen molar-refractivity contribution in [2.45, 2.75) is 88.1 Å². The first-order valence-corrected chi connectivity index (χ1v) is 37.1. The summed E-state index contributed by atoms with van der Waals surface area (Å²) in [5.74, 6) is 10.2. The first-order chi connectivity index (χ1) is 39.9. The quantitative estimate of drug-likeness (QED) is 0.116. The summed E-state index contributed by atoms with van der Waals surface area (Å²) >= 11 is -2.05. The summed E-state index contributed by atoms with van der Waals surface area (Å²) in [6, 6.07) is 81.4. The molecule has 82 heavy (non-hydrogen) atoms. The van der Waals surface area contributed by atoms with E-state index in [1.807, 2.05) is 0 Å². The molecule has 0 saturated heterocycles. The Balaban J connectivity index is 1.05. The van der Waals surface area contributed by atoms with Crippen molar-refractivity contribution in [2.75, 3.05) is 0 Å². The van der Waals surface area contributed by atoms with Crippen LogP contribution in [-0.2, 0) is 31.3 Å². The molecule has 4 bridgehead atoms. The van der Waals surface area contributed by atoms with E-state index in [1.54, 1.807) is 0 Å². The van der Waals surface area contributed by atoms with Gasteiger partial charge in [0.25, 0.3) is 5.82 Å². The van der Waals surface area contributed by atoms with Crippen LogP contribution in [0.4, 0.5) is 0 Å². The van der Waals surface area contributed by atoms with Gasteiger partial charge in [-0.2, -0.15) is 9.13 Å². The van der Waals surface area contributed by atoms with Gasteiger partial charge in [-0.15, -0.1) is 0 Å². The summed E-state index contributed by atoms with van der Waals surface area (Å²) in [6.07, 6.45) is 3.87. The van der Waals surface area contributed by atoms with Crippen molar-refractivity contribution in [3.05, 3.63) is 257 Å². The minimum atomic E-state index is -2.05. The molecule has 6 heteroatoms. The molecule has 6 aliphatic rings. The Labute approximate surface area is 482 Å². The van der Waals surface area contributed by atoms with E-state index in [-0.39, 0.29) is 11.8 Å². The van der Waals surface area contributed by atoms with Crippen LogP contribution in [0.5, 0.6) is 0 Å². The van der Waals surface area contributed by atoms with E-state index >= 15 is 0 Å². The zero-order chi connectivity index (χ0) is 55.3. The van der Waals surface area contributed by atoms with E-state index in [0.29, 0.717) is 0 Å². The number of aryl methyl sites for hydroxylation is 4. The predicted molar refractivity (Wildman–Crippen MR) is 340 cm³/mol. The monoisotopic (exact) mass is 1120 g/mol. The van der Waals surface area contributed by atoms with Crippen LogP contribution in [-0.4, -0.2) is 22.4 Å². The number of rotatable bonds is 7. The number of imidazole rings is 2. The van der Waals surface area contributed by atoms with Crippen LogP contribution in [0.2, 0.25) is 17.3 Å². The molecule has 19 rings (SSSR count). The first-order valence-electron chi connectivity index (χ1n) is 29.7. The van der Waals surface area contributed by atoms with Gasteiger partial charge in [0.05, 0.1) is 11.1 Å². The van der Waals surface area contributed by atoms with Crippen molar-refractivity contribution in [1.82, 2.24) is 9.13 Å². The maximum absolute atomic E-state index is 7.58. The summed E-state index contributed by atoms with van der Waals surface area (Å²) in [7, 11) is 0. The molecule has 0 saturated carbocycles. The third-order valence-electron chi connectivity index (χ3n) is 18.6. The number of fused-ring (bicyclic) bond motifs is 18. The Kier molecular flexibility index (Phi) is 11.0. The van der Waals surface area contributed by atoms with Gasteiger partial charge in [0.1, 0.15) is 11.3 Å². The van der Waals surface area contributed by atoms with E-state index < -0.39 is 18.9 Å². The van der Waals surface area contributed by atoms with E-state index in [4.69, 9.17) is 4.42 Å². The Morgan fingerprint density at radius 2 is 1.04 bits per heavy atom. The van der Waals surface area contributed by atoms with E-state index in [2.05, 4.69) is 276 Å². The van der Waals surface area contributed by atoms with Gasteiger partial charge in [0.15, 0.2) is 11.0 Å². The van der Waals surface area contributed by atoms with Crippen molar-refractivity contribution < 1.29 is 13.6 Å². The number of para-hydroxylation sites is 4. The van der Waals surface area contributed by atoms with Gasteiger partial charge < -0.3 is 4.42 Å². The predicted octanol–water partition coefficient (Wildman–Crippen LogP) is 17.3. The standard InChI is InChI=1S/C76H66GeN4O/c1-47(2)61-44-56(53-35-38-57(39-36-53)77(5,6)7)45-62(48(3)4)72(61)79-66-22-14-16-24-68(66)81-75(79)71-64(42-41-59-58-40-37-55(46-70(58)82-73(59)71)52-17-9-8-10-18-52)76(81)63-20-12-11-19-60(63)74-78(65-21-13-15-23-67(65)80(74)76)69-43-51-30-29-49-25-27-50(28-26-49)31-33-54(69)34-32-51/h8-28,32,34-48H,29-31,33H2,1-7H3/q+2. The Morgan fingerprint density at radius 3 is 1.73 bits per heavy atom. The summed E-state index contributed by atoms with van der Waals surface area (Å²) in [6.45, 7) is 9.53. The van der Waals surface area contributed by atoms with Crippen LogP contribution in [0.3, 0.4) is 0 Å². The van der Waals surface area contributed by atoms with Crippen LogP contribution in [0.1, 0.15) is 84.0 Å². The molecule has 10 aromatic carbocycles. The number of benzene rings is 10. The number of nitrogens with zero attached hydrogens (tertiary/aromatic N) is 4. The van der Waals surface area contributed by atoms with Gasteiger partial charge in [0.2, 0.25) is 0 Å². The summed E-state index contributed by atoms with van der Waals surface area (Å²) < 4.78 is 19.9. The fourth-order valence-corrected chi connectivity index (χ4v) is 17.0. The SMILES string of the molecule is CC(C)c1cc(-c2cc[c]([Ge]([CH3])([CH3])[CH3])cc2)cc(C(C)C)c1-n1c2[n+](c3ccccc31)C1(c3ccccc3-c3n(-c4cc5ccc4CCc4ccc(cc4)CC5)c4ccccc4[n+]31)c1ccc3c(oc4cc(-c5ccccc5)ccc43)c1-2. The van der Waals surface area contributed by atoms with E-state index in [1.165, 1.54) is 105 Å². The third-order valence-corrected chi connectivity index (χ3v) is 23.0. The molecule has 3 aromatic heterocycles. The van der Waals surface area contributed by atoms with Crippen LogP contribution >= 0.6 is 0 Å². The second-order valence-electron chi connectivity index (χ2n) is 25.1. The van der Waals surface area contributed by atoms with Crippen LogP contribution in [0, 0.1) is 0 Å². The van der Waals surface area contributed by atoms with Gasteiger partial charge in [-0.1, -0.05) is 103 Å². The molecule has 1 unspecified atom stereocenters. The molecular formula is C76H66GeN4O+2.